The largest absolute Gasteiger partial charge is 0.393 e. The third-order valence-electron chi connectivity index (χ3n) is 4.68. The minimum absolute atomic E-state index is 0.190. The zero-order valence-corrected chi connectivity index (χ0v) is 11.6. The molecule has 1 aliphatic rings. The fourth-order valence-electron chi connectivity index (χ4n) is 2.57. The Labute approximate surface area is 101 Å². The molecule has 0 heterocycles. The smallest absolute Gasteiger partial charge is 0.0597 e. The molecule has 1 N–H and O–H groups in total. The fraction of sp³-hybridized carbons (Fsp3) is 0.867. The maximum atomic E-state index is 9.76. The van der Waals surface area contributed by atoms with Gasteiger partial charge in [-0.1, -0.05) is 53.2 Å². The summed E-state index contributed by atoms with van der Waals surface area (Å²) in [5.41, 5.74) is 0.732. The van der Waals surface area contributed by atoms with Gasteiger partial charge in [-0.2, -0.15) is 0 Å². The molecule has 1 nitrogen and oxygen atoms in total. The number of aliphatic hydroxyl groups is 1. The highest BCUT2D eigenvalue weighted by Crippen LogP contribution is 2.53. The van der Waals surface area contributed by atoms with Crippen molar-refractivity contribution < 1.29 is 5.11 Å². The van der Waals surface area contributed by atoms with Gasteiger partial charge in [0.2, 0.25) is 0 Å². The Morgan fingerprint density at radius 2 is 1.81 bits per heavy atom. The molecule has 16 heavy (non-hydrogen) atoms. The van der Waals surface area contributed by atoms with Gasteiger partial charge in [0.15, 0.2) is 0 Å². The molecule has 1 aliphatic carbocycles. The maximum Gasteiger partial charge on any atom is 0.0597 e. The number of hydrogen-bond donors (Lipinski definition) is 1. The molecule has 1 fully saturated rings. The maximum absolute atomic E-state index is 9.76. The van der Waals surface area contributed by atoms with Crippen LogP contribution in [0, 0.1) is 16.7 Å². The Morgan fingerprint density at radius 3 is 2.25 bits per heavy atom. The lowest BCUT2D eigenvalue weighted by Gasteiger charge is -2.36. The predicted molar refractivity (Wildman–Crippen MR) is 70.3 cm³/mol. The molecule has 0 aliphatic heterocycles. The van der Waals surface area contributed by atoms with Crippen LogP contribution in [0.4, 0.5) is 0 Å². The highest BCUT2D eigenvalue weighted by Gasteiger charge is 2.42. The normalized spacial score (nSPS) is 31.4. The van der Waals surface area contributed by atoms with Gasteiger partial charge in [-0.05, 0) is 36.0 Å². The van der Waals surface area contributed by atoms with Crippen LogP contribution < -0.4 is 0 Å². The molecule has 0 radical (unpaired) electrons. The van der Waals surface area contributed by atoms with Gasteiger partial charge >= 0.3 is 0 Å². The molecule has 1 heteroatoms. The Morgan fingerprint density at radius 1 is 1.19 bits per heavy atom. The molecule has 0 aromatic carbocycles. The number of rotatable bonds is 4. The number of aliphatic hydroxyl groups excluding tert-OH is 1. The van der Waals surface area contributed by atoms with Crippen molar-refractivity contribution in [3.63, 3.8) is 0 Å². The van der Waals surface area contributed by atoms with Crippen molar-refractivity contribution in [3.8, 4) is 0 Å². The topological polar surface area (TPSA) is 20.2 Å². The van der Waals surface area contributed by atoms with E-state index in [9.17, 15) is 5.11 Å². The summed E-state index contributed by atoms with van der Waals surface area (Å²) >= 11 is 0. The Hall–Kier alpha value is -0.300. The van der Waals surface area contributed by atoms with E-state index in [1.807, 2.05) is 0 Å². The van der Waals surface area contributed by atoms with Crippen molar-refractivity contribution in [1.29, 1.82) is 0 Å². The molecule has 2 atom stereocenters. The summed E-state index contributed by atoms with van der Waals surface area (Å²) in [6.45, 7) is 11.2. The van der Waals surface area contributed by atoms with Crippen molar-refractivity contribution in [2.75, 3.05) is 0 Å². The highest BCUT2D eigenvalue weighted by atomic mass is 16.3. The Kier molecular flexibility index (Phi) is 4.23. The van der Waals surface area contributed by atoms with Crippen LogP contribution >= 0.6 is 0 Å². The standard InChI is InChI=1S/C15H28O/c1-12(2)13(16)8-6-10-15(5)11-7-9-14(15,3)4/h6,10,12-13,16H,7-9,11H2,1-5H3. The number of allylic oxidation sites excluding steroid dienone is 1. The second-order valence-corrected chi connectivity index (χ2v) is 6.60. The molecule has 2 unspecified atom stereocenters. The Bertz CT molecular complexity index is 252. The van der Waals surface area contributed by atoms with Crippen molar-refractivity contribution in [2.45, 2.75) is 66.4 Å². The minimum Gasteiger partial charge on any atom is -0.393 e. The highest BCUT2D eigenvalue weighted by molar-refractivity contribution is 5.08. The molecule has 0 aromatic heterocycles. The van der Waals surface area contributed by atoms with Crippen LogP contribution in [0.1, 0.15) is 60.3 Å². The third kappa shape index (κ3) is 2.88. The first-order valence-corrected chi connectivity index (χ1v) is 6.64. The summed E-state index contributed by atoms with van der Waals surface area (Å²) in [6.07, 6.45) is 9.09. The molecule has 1 saturated carbocycles. The van der Waals surface area contributed by atoms with Crippen molar-refractivity contribution >= 4 is 0 Å². The van der Waals surface area contributed by atoms with E-state index in [1.165, 1.54) is 19.3 Å². The fourth-order valence-corrected chi connectivity index (χ4v) is 2.57. The van der Waals surface area contributed by atoms with Gasteiger partial charge in [-0.15, -0.1) is 0 Å². The first-order valence-electron chi connectivity index (χ1n) is 6.64. The zero-order chi connectivity index (χ0) is 12.4. The van der Waals surface area contributed by atoms with Gasteiger partial charge in [0, 0.05) is 0 Å². The van der Waals surface area contributed by atoms with E-state index >= 15 is 0 Å². The van der Waals surface area contributed by atoms with Gasteiger partial charge < -0.3 is 5.11 Å². The first kappa shape index (κ1) is 13.8. The first-order chi connectivity index (χ1) is 7.28. The Balaban J connectivity index is 2.56. The second-order valence-electron chi connectivity index (χ2n) is 6.60. The van der Waals surface area contributed by atoms with Crippen molar-refractivity contribution in [1.82, 2.24) is 0 Å². The molecular formula is C15H28O. The molecular weight excluding hydrogens is 196 g/mol. The molecule has 0 bridgehead atoms. The van der Waals surface area contributed by atoms with Crippen LogP contribution in [-0.2, 0) is 0 Å². The minimum atomic E-state index is -0.190. The van der Waals surface area contributed by atoms with Crippen molar-refractivity contribution in [2.24, 2.45) is 16.7 Å². The third-order valence-corrected chi connectivity index (χ3v) is 4.68. The summed E-state index contributed by atoms with van der Waals surface area (Å²) in [4.78, 5) is 0. The van der Waals surface area contributed by atoms with E-state index in [1.54, 1.807) is 0 Å². The van der Waals surface area contributed by atoms with Crippen LogP contribution in [0.25, 0.3) is 0 Å². The van der Waals surface area contributed by atoms with Crippen LogP contribution in [0.2, 0.25) is 0 Å². The zero-order valence-electron chi connectivity index (χ0n) is 11.6. The molecule has 1 rings (SSSR count). The lowest BCUT2D eigenvalue weighted by molar-refractivity contribution is 0.127. The van der Waals surface area contributed by atoms with Crippen LogP contribution in [0.15, 0.2) is 12.2 Å². The van der Waals surface area contributed by atoms with Gasteiger partial charge in [0.25, 0.3) is 0 Å². The van der Waals surface area contributed by atoms with Gasteiger partial charge in [-0.3, -0.25) is 0 Å². The molecule has 0 aromatic rings. The van der Waals surface area contributed by atoms with E-state index in [4.69, 9.17) is 0 Å². The van der Waals surface area contributed by atoms with E-state index in [-0.39, 0.29) is 6.10 Å². The summed E-state index contributed by atoms with van der Waals surface area (Å²) in [6, 6.07) is 0. The molecule has 94 valence electrons. The summed E-state index contributed by atoms with van der Waals surface area (Å²) < 4.78 is 0. The average molecular weight is 224 g/mol. The van der Waals surface area contributed by atoms with Crippen LogP contribution in [-0.4, -0.2) is 11.2 Å². The number of hydrogen-bond acceptors (Lipinski definition) is 1. The predicted octanol–water partition coefficient (Wildman–Crippen LogP) is 4.17. The lowest BCUT2D eigenvalue weighted by Crippen LogP contribution is -2.27. The van der Waals surface area contributed by atoms with Gasteiger partial charge in [-0.25, -0.2) is 0 Å². The summed E-state index contributed by atoms with van der Waals surface area (Å²) in [7, 11) is 0. The van der Waals surface area contributed by atoms with Gasteiger partial charge in [0.1, 0.15) is 0 Å². The van der Waals surface area contributed by atoms with Crippen LogP contribution in [0.5, 0.6) is 0 Å². The monoisotopic (exact) mass is 224 g/mol. The average Bonchev–Trinajstić information content (AvgIpc) is 2.41. The van der Waals surface area contributed by atoms with Crippen molar-refractivity contribution in [3.05, 3.63) is 12.2 Å². The van der Waals surface area contributed by atoms with E-state index in [0.717, 1.165) is 6.42 Å². The second kappa shape index (κ2) is 4.91. The molecule has 0 spiro atoms. The SMILES string of the molecule is CC(C)C(O)CC=CC1(C)CCCC1(C)C. The van der Waals surface area contributed by atoms with E-state index in [0.29, 0.717) is 16.7 Å². The molecule has 0 saturated heterocycles. The summed E-state index contributed by atoms with van der Waals surface area (Å²) in [5, 5.41) is 9.76. The molecule has 0 amide bonds. The van der Waals surface area contributed by atoms with E-state index < -0.39 is 0 Å². The van der Waals surface area contributed by atoms with Crippen LogP contribution in [0.3, 0.4) is 0 Å². The lowest BCUT2D eigenvalue weighted by atomic mass is 9.69. The summed E-state index contributed by atoms with van der Waals surface area (Å²) in [5.74, 6) is 0.356. The quantitative estimate of drug-likeness (QED) is 0.711. The van der Waals surface area contributed by atoms with E-state index in [2.05, 4.69) is 46.8 Å². The van der Waals surface area contributed by atoms with Gasteiger partial charge in [0.05, 0.1) is 6.10 Å².